The Bertz CT molecular complexity index is 899. The number of methoxy groups -OCH3 is 1. The van der Waals surface area contributed by atoms with Gasteiger partial charge in [-0.2, -0.15) is 13.2 Å². The molecular weight excluding hydrogens is 413 g/mol. The predicted octanol–water partition coefficient (Wildman–Crippen LogP) is 2.65. The van der Waals surface area contributed by atoms with Crippen LogP contribution in [0.1, 0.15) is 23.6 Å². The van der Waals surface area contributed by atoms with Crippen molar-refractivity contribution in [1.82, 2.24) is 10.6 Å². The SMILES string of the molecule is COC(=O)[C@@H](Cc1ccc(C(F)(F)F)cc1)NC(=O)[C@@H](Cc1ccccc1)NC(C)=O. The Kier molecular flexibility index (Phi) is 8.18. The number of nitrogens with one attached hydrogen (secondary N) is 2. The lowest BCUT2D eigenvalue weighted by Crippen LogP contribution is -2.53. The minimum absolute atomic E-state index is 0.0747. The van der Waals surface area contributed by atoms with Gasteiger partial charge in [-0.3, -0.25) is 9.59 Å². The van der Waals surface area contributed by atoms with Gasteiger partial charge in [0.15, 0.2) is 0 Å². The van der Waals surface area contributed by atoms with Crippen LogP contribution in [0.5, 0.6) is 0 Å². The Hall–Kier alpha value is -3.36. The molecule has 0 radical (unpaired) electrons. The molecule has 166 valence electrons. The van der Waals surface area contributed by atoms with Gasteiger partial charge in [-0.1, -0.05) is 42.5 Å². The monoisotopic (exact) mass is 436 g/mol. The van der Waals surface area contributed by atoms with E-state index in [1.54, 1.807) is 24.3 Å². The lowest BCUT2D eigenvalue weighted by atomic mass is 10.0. The zero-order chi connectivity index (χ0) is 23.0. The van der Waals surface area contributed by atoms with Crippen molar-refractivity contribution in [2.24, 2.45) is 0 Å². The van der Waals surface area contributed by atoms with Gasteiger partial charge in [0, 0.05) is 19.8 Å². The van der Waals surface area contributed by atoms with Gasteiger partial charge in [0.1, 0.15) is 12.1 Å². The van der Waals surface area contributed by atoms with Gasteiger partial charge in [-0.25, -0.2) is 4.79 Å². The maximum absolute atomic E-state index is 12.8. The van der Waals surface area contributed by atoms with Gasteiger partial charge in [0.2, 0.25) is 11.8 Å². The summed E-state index contributed by atoms with van der Waals surface area (Å²) in [5.74, 6) is -1.79. The van der Waals surface area contributed by atoms with E-state index in [0.717, 1.165) is 24.8 Å². The quantitative estimate of drug-likeness (QED) is 0.624. The van der Waals surface area contributed by atoms with E-state index in [1.165, 1.54) is 19.1 Å². The van der Waals surface area contributed by atoms with E-state index >= 15 is 0 Å². The molecule has 0 spiro atoms. The minimum atomic E-state index is -4.47. The Morgan fingerprint density at radius 3 is 1.94 bits per heavy atom. The first-order chi connectivity index (χ1) is 14.6. The first-order valence-corrected chi connectivity index (χ1v) is 9.45. The third kappa shape index (κ3) is 7.44. The van der Waals surface area contributed by atoms with Crippen molar-refractivity contribution in [2.45, 2.75) is 38.0 Å². The molecule has 9 heteroatoms. The number of benzene rings is 2. The van der Waals surface area contributed by atoms with Crippen molar-refractivity contribution < 1.29 is 32.3 Å². The van der Waals surface area contributed by atoms with Crippen LogP contribution in [0.25, 0.3) is 0 Å². The fourth-order valence-corrected chi connectivity index (χ4v) is 2.98. The highest BCUT2D eigenvalue weighted by Gasteiger charge is 2.31. The van der Waals surface area contributed by atoms with E-state index < -0.39 is 41.6 Å². The zero-order valence-corrected chi connectivity index (χ0v) is 17.0. The van der Waals surface area contributed by atoms with E-state index in [0.29, 0.717) is 5.56 Å². The molecule has 2 atom stereocenters. The topological polar surface area (TPSA) is 84.5 Å². The van der Waals surface area contributed by atoms with Crippen LogP contribution in [0.15, 0.2) is 54.6 Å². The number of hydrogen-bond donors (Lipinski definition) is 2. The van der Waals surface area contributed by atoms with Crippen molar-refractivity contribution in [1.29, 1.82) is 0 Å². The van der Waals surface area contributed by atoms with E-state index in [9.17, 15) is 27.6 Å². The number of amides is 2. The molecule has 0 aliphatic heterocycles. The molecule has 0 unspecified atom stereocenters. The van der Waals surface area contributed by atoms with E-state index in [1.807, 2.05) is 6.07 Å². The van der Waals surface area contributed by atoms with Crippen LogP contribution < -0.4 is 10.6 Å². The Labute approximate surface area is 177 Å². The van der Waals surface area contributed by atoms with Gasteiger partial charge in [-0.15, -0.1) is 0 Å². The van der Waals surface area contributed by atoms with Gasteiger partial charge in [0.25, 0.3) is 0 Å². The first-order valence-electron chi connectivity index (χ1n) is 9.45. The number of alkyl halides is 3. The molecule has 0 aromatic heterocycles. The van der Waals surface area contributed by atoms with E-state index in [4.69, 9.17) is 4.74 Å². The number of hydrogen-bond acceptors (Lipinski definition) is 4. The summed E-state index contributed by atoms with van der Waals surface area (Å²) < 4.78 is 43.0. The molecule has 31 heavy (non-hydrogen) atoms. The molecule has 6 nitrogen and oxygen atoms in total. The molecule has 2 aromatic rings. The summed E-state index contributed by atoms with van der Waals surface area (Å²) in [5.41, 5.74) is 0.389. The Morgan fingerprint density at radius 1 is 0.871 bits per heavy atom. The van der Waals surface area contributed by atoms with Gasteiger partial charge in [-0.05, 0) is 23.3 Å². The van der Waals surface area contributed by atoms with Crippen LogP contribution in [-0.4, -0.2) is 37.0 Å². The van der Waals surface area contributed by atoms with Crippen LogP contribution in [-0.2, 0) is 38.1 Å². The van der Waals surface area contributed by atoms with Gasteiger partial charge in [0.05, 0.1) is 12.7 Å². The Balaban J connectivity index is 2.16. The van der Waals surface area contributed by atoms with Crippen molar-refractivity contribution in [3.05, 3.63) is 71.3 Å². The molecule has 0 bridgehead atoms. The average molecular weight is 436 g/mol. The van der Waals surface area contributed by atoms with E-state index in [2.05, 4.69) is 10.6 Å². The van der Waals surface area contributed by atoms with Crippen molar-refractivity contribution in [2.75, 3.05) is 7.11 Å². The second kappa shape index (κ2) is 10.6. The summed E-state index contributed by atoms with van der Waals surface area (Å²) in [7, 11) is 1.14. The zero-order valence-electron chi connectivity index (χ0n) is 17.0. The molecule has 0 aliphatic carbocycles. The first kappa shape index (κ1) is 23.9. The minimum Gasteiger partial charge on any atom is -0.467 e. The van der Waals surface area contributed by atoms with Gasteiger partial charge < -0.3 is 15.4 Å². The smallest absolute Gasteiger partial charge is 0.416 e. The molecule has 2 amide bonds. The summed E-state index contributed by atoms with van der Waals surface area (Å²) in [4.78, 5) is 36.5. The highest BCUT2D eigenvalue weighted by atomic mass is 19.4. The molecule has 2 rings (SSSR count). The van der Waals surface area contributed by atoms with E-state index in [-0.39, 0.29) is 12.8 Å². The summed E-state index contributed by atoms with van der Waals surface area (Å²) in [6.07, 6.45) is -4.35. The number of esters is 1. The molecule has 0 fully saturated rings. The fourth-order valence-electron chi connectivity index (χ4n) is 2.98. The van der Waals surface area contributed by atoms with Crippen molar-refractivity contribution >= 4 is 17.8 Å². The standard InChI is InChI=1S/C22H23F3N2O4/c1-14(28)26-18(12-15-6-4-3-5-7-15)20(29)27-19(21(30)31-2)13-16-8-10-17(11-9-16)22(23,24)25/h3-11,18-19H,12-13H2,1-2H3,(H,26,28)(H,27,29)/t18-,19-/m1/s1. The number of rotatable bonds is 8. The normalized spacial score (nSPS) is 13.1. The maximum atomic E-state index is 12.8. The average Bonchev–Trinajstić information content (AvgIpc) is 2.72. The summed E-state index contributed by atoms with van der Waals surface area (Å²) in [5, 5.41) is 5.09. The highest BCUT2D eigenvalue weighted by molar-refractivity contribution is 5.90. The third-order valence-corrected chi connectivity index (χ3v) is 4.50. The second-order valence-electron chi connectivity index (χ2n) is 6.93. The molecule has 0 aliphatic rings. The van der Waals surface area contributed by atoms with Crippen LogP contribution in [0.2, 0.25) is 0 Å². The fraction of sp³-hybridized carbons (Fsp3) is 0.318. The molecular formula is C22H23F3N2O4. The second-order valence-corrected chi connectivity index (χ2v) is 6.93. The highest BCUT2D eigenvalue weighted by Crippen LogP contribution is 2.29. The molecule has 0 saturated carbocycles. The molecule has 2 N–H and O–H groups in total. The predicted molar refractivity (Wildman–Crippen MR) is 107 cm³/mol. The molecule has 0 heterocycles. The van der Waals surface area contributed by atoms with Crippen LogP contribution in [0.4, 0.5) is 13.2 Å². The Morgan fingerprint density at radius 2 is 1.42 bits per heavy atom. The lowest BCUT2D eigenvalue weighted by Gasteiger charge is -2.22. The number of ether oxygens (including phenoxy) is 1. The number of carbonyl (C=O) groups excluding carboxylic acids is 3. The summed E-state index contributed by atoms with van der Waals surface area (Å²) >= 11 is 0. The molecule has 0 saturated heterocycles. The lowest BCUT2D eigenvalue weighted by molar-refractivity contribution is -0.145. The number of carbonyl (C=O) groups is 3. The number of halogens is 3. The van der Waals surface area contributed by atoms with Gasteiger partial charge >= 0.3 is 12.1 Å². The van der Waals surface area contributed by atoms with Crippen LogP contribution in [0, 0.1) is 0 Å². The van der Waals surface area contributed by atoms with Crippen molar-refractivity contribution in [3.63, 3.8) is 0 Å². The van der Waals surface area contributed by atoms with Crippen molar-refractivity contribution in [3.8, 4) is 0 Å². The van der Waals surface area contributed by atoms with Crippen LogP contribution in [0.3, 0.4) is 0 Å². The largest absolute Gasteiger partial charge is 0.467 e. The van der Waals surface area contributed by atoms with Crippen LogP contribution >= 0.6 is 0 Å². The summed E-state index contributed by atoms with van der Waals surface area (Å²) in [6, 6.07) is 11.2. The maximum Gasteiger partial charge on any atom is 0.416 e. The summed E-state index contributed by atoms with van der Waals surface area (Å²) in [6.45, 7) is 1.27. The third-order valence-electron chi connectivity index (χ3n) is 4.50. The molecule has 2 aromatic carbocycles.